The first-order valence-electron chi connectivity index (χ1n) is 4.76. The van der Waals surface area contributed by atoms with Gasteiger partial charge in [0.05, 0.1) is 23.4 Å². The maximum absolute atomic E-state index is 10.8. The largest absolute Gasteiger partial charge is 0.414 e. The van der Waals surface area contributed by atoms with Crippen molar-refractivity contribution in [3.05, 3.63) is 27.8 Å². The highest BCUT2D eigenvalue weighted by Gasteiger charge is 2.16. The third-order valence-corrected chi connectivity index (χ3v) is 2.51. The van der Waals surface area contributed by atoms with Gasteiger partial charge in [0.2, 0.25) is 0 Å². The second kappa shape index (κ2) is 3.79. The van der Waals surface area contributed by atoms with Crippen molar-refractivity contribution in [2.24, 2.45) is 0 Å². The van der Waals surface area contributed by atoms with Crippen LogP contribution in [-0.2, 0) is 5.41 Å². The summed E-state index contributed by atoms with van der Waals surface area (Å²) in [5.41, 5.74) is 1.31. The minimum absolute atomic E-state index is 0.0472. The summed E-state index contributed by atoms with van der Waals surface area (Å²) in [6.07, 6.45) is 3.24. The van der Waals surface area contributed by atoms with Crippen molar-refractivity contribution in [3.8, 4) is 11.6 Å². The molecule has 0 N–H and O–H groups in total. The predicted molar refractivity (Wildman–Crippen MR) is 60.4 cm³/mol. The SMILES string of the molecule is CC(C)(C)c1cnc(-c2nsc(=O)o2)cn1. The van der Waals surface area contributed by atoms with E-state index in [1.165, 1.54) is 0 Å². The lowest BCUT2D eigenvalue weighted by molar-refractivity contribution is 0.537. The van der Waals surface area contributed by atoms with E-state index in [-0.39, 0.29) is 11.3 Å². The Morgan fingerprint density at radius 2 is 2.00 bits per heavy atom. The molecule has 0 unspecified atom stereocenters. The molecule has 0 aromatic carbocycles. The average Bonchev–Trinajstić information content (AvgIpc) is 2.64. The molecule has 0 spiro atoms. The van der Waals surface area contributed by atoms with Gasteiger partial charge in [-0.25, -0.2) is 9.78 Å². The molecule has 0 aliphatic heterocycles. The van der Waals surface area contributed by atoms with E-state index in [1.54, 1.807) is 12.4 Å². The molecule has 2 heterocycles. The van der Waals surface area contributed by atoms with Gasteiger partial charge >= 0.3 is 4.94 Å². The van der Waals surface area contributed by atoms with Gasteiger partial charge in [-0.3, -0.25) is 4.98 Å². The summed E-state index contributed by atoms with van der Waals surface area (Å²) in [7, 11) is 0. The number of aromatic nitrogens is 3. The fraction of sp³-hybridized carbons (Fsp3) is 0.400. The summed E-state index contributed by atoms with van der Waals surface area (Å²) < 4.78 is 8.68. The highest BCUT2D eigenvalue weighted by Crippen LogP contribution is 2.20. The van der Waals surface area contributed by atoms with Crippen molar-refractivity contribution < 1.29 is 4.42 Å². The Kier molecular flexibility index (Phi) is 2.59. The molecular formula is C10H11N3O2S. The molecule has 0 bridgehead atoms. The van der Waals surface area contributed by atoms with Crippen LogP contribution in [0, 0.1) is 0 Å². The van der Waals surface area contributed by atoms with Crippen LogP contribution in [0.5, 0.6) is 0 Å². The topological polar surface area (TPSA) is 68.9 Å². The van der Waals surface area contributed by atoms with Crippen LogP contribution >= 0.6 is 11.5 Å². The molecule has 2 aromatic heterocycles. The Hall–Kier alpha value is -1.56. The number of nitrogens with zero attached hydrogens (tertiary/aromatic N) is 3. The summed E-state index contributed by atoms with van der Waals surface area (Å²) in [6.45, 7) is 6.17. The zero-order chi connectivity index (χ0) is 11.8. The van der Waals surface area contributed by atoms with E-state index >= 15 is 0 Å². The Bertz CT molecular complexity index is 536. The third-order valence-electron chi connectivity index (χ3n) is 2.02. The lowest BCUT2D eigenvalue weighted by atomic mass is 9.93. The first kappa shape index (κ1) is 10.9. The molecule has 84 valence electrons. The predicted octanol–water partition coefficient (Wildman–Crippen LogP) is 1.85. The zero-order valence-corrected chi connectivity index (χ0v) is 10.0. The van der Waals surface area contributed by atoms with Crippen LogP contribution in [0.25, 0.3) is 11.6 Å². The normalized spacial score (nSPS) is 11.7. The van der Waals surface area contributed by atoms with Crippen LogP contribution < -0.4 is 4.94 Å². The summed E-state index contributed by atoms with van der Waals surface area (Å²) in [6, 6.07) is 0. The molecule has 0 amide bonds. The summed E-state index contributed by atoms with van der Waals surface area (Å²) >= 11 is 0.769. The summed E-state index contributed by atoms with van der Waals surface area (Å²) in [5.74, 6) is 0.225. The molecule has 0 aliphatic carbocycles. The van der Waals surface area contributed by atoms with Gasteiger partial charge in [-0.1, -0.05) is 20.8 Å². The zero-order valence-electron chi connectivity index (χ0n) is 9.22. The highest BCUT2D eigenvalue weighted by molar-refractivity contribution is 7.02. The molecular weight excluding hydrogens is 226 g/mol. The molecule has 6 heteroatoms. The molecule has 0 saturated carbocycles. The van der Waals surface area contributed by atoms with Gasteiger partial charge < -0.3 is 4.42 Å². The van der Waals surface area contributed by atoms with E-state index in [0.717, 1.165) is 17.2 Å². The second-order valence-corrected chi connectivity index (χ2v) is 5.08. The molecule has 2 rings (SSSR count). The van der Waals surface area contributed by atoms with Crippen molar-refractivity contribution in [1.29, 1.82) is 0 Å². The van der Waals surface area contributed by atoms with E-state index in [4.69, 9.17) is 4.42 Å². The first-order valence-corrected chi connectivity index (χ1v) is 5.54. The van der Waals surface area contributed by atoms with Gasteiger partial charge in [-0.2, -0.15) is 0 Å². The van der Waals surface area contributed by atoms with Gasteiger partial charge in [-0.05, 0) is 0 Å². The van der Waals surface area contributed by atoms with Crippen molar-refractivity contribution >= 4 is 11.5 Å². The van der Waals surface area contributed by atoms with E-state index in [0.29, 0.717) is 5.69 Å². The lowest BCUT2D eigenvalue weighted by Crippen LogP contribution is -2.13. The number of hydrogen-bond donors (Lipinski definition) is 0. The molecule has 0 aliphatic rings. The first-order chi connectivity index (χ1) is 7.47. The van der Waals surface area contributed by atoms with Crippen LogP contribution in [0.3, 0.4) is 0 Å². The fourth-order valence-corrected chi connectivity index (χ4v) is 1.52. The summed E-state index contributed by atoms with van der Waals surface area (Å²) in [4.78, 5) is 18.9. The minimum atomic E-state index is -0.434. The molecule has 2 aromatic rings. The van der Waals surface area contributed by atoms with Crippen LogP contribution in [0.15, 0.2) is 21.6 Å². The Labute approximate surface area is 96.4 Å². The average molecular weight is 237 g/mol. The molecule has 0 fully saturated rings. The lowest BCUT2D eigenvalue weighted by Gasteiger charge is -2.16. The third kappa shape index (κ3) is 2.16. The van der Waals surface area contributed by atoms with Crippen LogP contribution in [-0.4, -0.2) is 14.3 Å². The van der Waals surface area contributed by atoms with Gasteiger partial charge in [0.25, 0.3) is 5.89 Å². The molecule has 0 atom stereocenters. The van der Waals surface area contributed by atoms with Gasteiger partial charge in [0.1, 0.15) is 5.69 Å². The van der Waals surface area contributed by atoms with Crippen molar-refractivity contribution in [2.75, 3.05) is 0 Å². The molecule has 16 heavy (non-hydrogen) atoms. The fourth-order valence-electron chi connectivity index (χ4n) is 1.12. The van der Waals surface area contributed by atoms with Gasteiger partial charge in [0.15, 0.2) is 0 Å². The Balaban J connectivity index is 2.36. The molecule has 0 radical (unpaired) electrons. The van der Waals surface area contributed by atoms with Crippen molar-refractivity contribution in [1.82, 2.24) is 14.3 Å². The quantitative estimate of drug-likeness (QED) is 0.757. The minimum Gasteiger partial charge on any atom is -0.392 e. The standard InChI is InChI=1S/C10H11N3O2S/c1-10(2,3)7-5-11-6(4-12-7)8-13-16-9(14)15-8/h4-5H,1-3H3. The highest BCUT2D eigenvalue weighted by atomic mass is 32.1. The van der Waals surface area contributed by atoms with E-state index in [2.05, 4.69) is 35.1 Å². The Morgan fingerprint density at radius 3 is 2.44 bits per heavy atom. The Morgan fingerprint density at radius 1 is 1.25 bits per heavy atom. The van der Waals surface area contributed by atoms with E-state index in [1.807, 2.05) is 0 Å². The van der Waals surface area contributed by atoms with Crippen molar-refractivity contribution in [3.63, 3.8) is 0 Å². The van der Waals surface area contributed by atoms with E-state index in [9.17, 15) is 4.79 Å². The van der Waals surface area contributed by atoms with Crippen LogP contribution in [0.2, 0.25) is 0 Å². The smallest absolute Gasteiger partial charge is 0.392 e. The maximum Gasteiger partial charge on any atom is 0.414 e. The monoisotopic (exact) mass is 237 g/mol. The molecule has 5 nitrogen and oxygen atoms in total. The second-order valence-electron chi connectivity index (χ2n) is 4.38. The number of hydrogen-bond acceptors (Lipinski definition) is 6. The van der Waals surface area contributed by atoms with Gasteiger partial charge in [-0.15, -0.1) is 4.37 Å². The van der Waals surface area contributed by atoms with Crippen LogP contribution in [0.1, 0.15) is 26.5 Å². The summed E-state index contributed by atoms with van der Waals surface area (Å²) in [5, 5.41) is 0. The van der Waals surface area contributed by atoms with Gasteiger partial charge in [0, 0.05) is 11.6 Å². The van der Waals surface area contributed by atoms with Crippen LogP contribution in [0.4, 0.5) is 0 Å². The van der Waals surface area contributed by atoms with E-state index < -0.39 is 4.94 Å². The van der Waals surface area contributed by atoms with Crippen molar-refractivity contribution in [2.45, 2.75) is 26.2 Å². The number of rotatable bonds is 1. The molecule has 0 saturated heterocycles. The maximum atomic E-state index is 10.8.